The largest absolute Gasteiger partial charge is 0.509 e. The zero-order valence-corrected chi connectivity index (χ0v) is 12.0. The monoisotopic (exact) mass is 290 g/mol. The average molecular weight is 290 g/mol. The first-order valence-corrected chi connectivity index (χ1v) is 7.18. The maximum Gasteiger partial charge on any atom is 0.182 e. The fourth-order valence-corrected chi connectivity index (χ4v) is 3.33. The molecule has 4 rings (SSSR count). The minimum Gasteiger partial charge on any atom is -0.509 e. The van der Waals surface area contributed by atoms with Crippen LogP contribution in [0.1, 0.15) is 38.3 Å². The van der Waals surface area contributed by atoms with Crippen LogP contribution in [0.3, 0.4) is 0 Å². The Morgan fingerprint density at radius 1 is 1.43 bits per heavy atom. The molecule has 2 aliphatic heterocycles. The molecule has 3 unspecified atom stereocenters. The van der Waals surface area contributed by atoms with Crippen LogP contribution in [0.4, 0.5) is 0 Å². The molecule has 0 bridgehead atoms. The van der Waals surface area contributed by atoms with E-state index in [0.29, 0.717) is 23.7 Å². The summed E-state index contributed by atoms with van der Waals surface area (Å²) in [7, 11) is 0. The van der Waals surface area contributed by atoms with Crippen molar-refractivity contribution < 1.29 is 19.8 Å². The van der Waals surface area contributed by atoms with E-state index in [2.05, 4.69) is 4.98 Å². The topological polar surface area (TPSA) is 75.1 Å². The summed E-state index contributed by atoms with van der Waals surface area (Å²) in [5.74, 6) is 1.67. The summed E-state index contributed by atoms with van der Waals surface area (Å²) >= 11 is 0. The summed E-state index contributed by atoms with van der Waals surface area (Å²) in [5.41, 5.74) is 0.0949. The van der Waals surface area contributed by atoms with Crippen LogP contribution in [-0.4, -0.2) is 38.0 Å². The quantitative estimate of drug-likeness (QED) is 0.822. The molecule has 1 saturated heterocycles. The van der Waals surface area contributed by atoms with E-state index in [1.165, 1.54) is 0 Å². The number of aliphatic hydroxyl groups excluding tert-OH is 2. The molecule has 0 amide bonds. The third-order valence-electron chi connectivity index (χ3n) is 4.54. The van der Waals surface area contributed by atoms with Crippen LogP contribution in [-0.2, 0) is 4.84 Å². The Labute approximate surface area is 122 Å². The first-order valence-electron chi connectivity index (χ1n) is 7.18. The Morgan fingerprint density at radius 3 is 3.00 bits per heavy atom. The third kappa shape index (κ3) is 1.69. The Morgan fingerprint density at radius 2 is 2.24 bits per heavy atom. The van der Waals surface area contributed by atoms with E-state index in [4.69, 9.17) is 9.57 Å². The molecule has 0 spiro atoms. The van der Waals surface area contributed by atoms with Gasteiger partial charge in [-0.2, -0.15) is 0 Å². The van der Waals surface area contributed by atoms with Crippen molar-refractivity contribution in [3.05, 3.63) is 35.5 Å². The maximum atomic E-state index is 10.7. The summed E-state index contributed by atoms with van der Waals surface area (Å²) < 4.78 is 5.88. The number of fused-ring (bicyclic) bond motifs is 2. The van der Waals surface area contributed by atoms with Crippen molar-refractivity contribution in [2.75, 3.05) is 0 Å². The van der Waals surface area contributed by atoms with E-state index in [-0.39, 0.29) is 12.1 Å². The van der Waals surface area contributed by atoms with Crippen LogP contribution in [0.2, 0.25) is 0 Å². The fraction of sp³-hybridized carbons (Fsp3) is 0.533. The Bertz CT molecular complexity index is 628. The minimum absolute atomic E-state index is 0.0339. The highest BCUT2D eigenvalue weighted by Crippen LogP contribution is 2.50. The van der Waals surface area contributed by atoms with Gasteiger partial charge < -0.3 is 19.8 Å². The van der Waals surface area contributed by atoms with Gasteiger partial charge in [0, 0.05) is 24.4 Å². The van der Waals surface area contributed by atoms with Gasteiger partial charge in [0.05, 0.1) is 0 Å². The minimum atomic E-state index is -0.751. The van der Waals surface area contributed by atoms with Crippen molar-refractivity contribution in [1.29, 1.82) is 0 Å². The molecule has 2 N–H and O–H groups in total. The molecular weight excluding hydrogens is 272 g/mol. The van der Waals surface area contributed by atoms with E-state index in [0.717, 1.165) is 12.0 Å². The van der Waals surface area contributed by atoms with Gasteiger partial charge in [-0.15, -0.1) is 5.06 Å². The van der Waals surface area contributed by atoms with E-state index < -0.39 is 11.7 Å². The highest BCUT2D eigenvalue weighted by molar-refractivity contribution is 5.38. The van der Waals surface area contributed by atoms with Crippen LogP contribution in [0.5, 0.6) is 5.75 Å². The summed E-state index contributed by atoms with van der Waals surface area (Å²) in [6.07, 6.45) is 4.06. The molecule has 1 fully saturated rings. The van der Waals surface area contributed by atoms with E-state index in [1.54, 1.807) is 23.5 Å². The average Bonchev–Trinajstić information content (AvgIpc) is 2.69. The molecule has 3 atom stereocenters. The molecule has 112 valence electrons. The van der Waals surface area contributed by atoms with Crippen LogP contribution >= 0.6 is 0 Å². The molecule has 21 heavy (non-hydrogen) atoms. The second-order valence-electron chi connectivity index (χ2n) is 6.33. The third-order valence-corrected chi connectivity index (χ3v) is 4.54. The van der Waals surface area contributed by atoms with Gasteiger partial charge in [-0.3, -0.25) is 4.98 Å². The summed E-state index contributed by atoms with van der Waals surface area (Å²) in [6, 6.07) is 1.49. The second kappa shape index (κ2) is 4.11. The van der Waals surface area contributed by atoms with Gasteiger partial charge >= 0.3 is 0 Å². The zero-order chi connectivity index (χ0) is 14.8. The number of aliphatic hydroxyl groups is 2. The van der Waals surface area contributed by atoms with Gasteiger partial charge in [0.1, 0.15) is 35.3 Å². The first-order chi connectivity index (χ1) is 9.99. The van der Waals surface area contributed by atoms with Crippen molar-refractivity contribution in [3.63, 3.8) is 0 Å². The lowest BCUT2D eigenvalue weighted by molar-refractivity contribution is -0.290. The highest BCUT2D eigenvalue weighted by Gasteiger charge is 2.54. The van der Waals surface area contributed by atoms with Gasteiger partial charge in [0.2, 0.25) is 0 Å². The number of pyridine rings is 1. The van der Waals surface area contributed by atoms with E-state index in [1.807, 2.05) is 13.8 Å². The standard InChI is InChI=1S/C15H18N2O4/c1-15(2)14(19)12(8-7-16-6-5-11(8)20-15)17-9-3-4-10(18)13(9)21-17/h5-7,9,12,14,18-19H,3-4H2,1-2H3. The number of nitrogens with zero attached hydrogens (tertiary/aromatic N) is 2. The predicted molar refractivity (Wildman–Crippen MR) is 73.3 cm³/mol. The molecule has 3 aliphatic rings. The van der Waals surface area contributed by atoms with Crippen molar-refractivity contribution in [2.24, 2.45) is 0 Å². The van der Waals surface area contributed by atoms with Crippen molar-refractivity contribution in [2.45, 2.75) is 50.5 Å². The lowest BCUT2D eigenvalue weighted by Gasteiger charge is -2.50. The second-order valence-corrected chi connectivity index (χ2v) is 6.33. The van der Waals surface area contributed by atoms with Gasteiger partial charge in [-0.05, 0) is 26.3 Å². The van der Waals surface area contributed by atoms with Crippen molar-refractivity contribution >= 4 is 0 Å². The number of hydroxylamine groups is 2. The van der Waals surface area contributed by atoms with E-state index in [9.17, 15) is 10.2 Å². The predicted octanol–water partition coefficient (Wildman–Crippen LogP) is 1.83. The first kappa shape index (κ1) is 12.9. The van der Waals surface area contributed by atoms with E-state index >= 15 is 0 Å². The molecule has 6 heteroatoms. The summed E-state index contributed by atoms with van der Waals surface area (Å²) in [6.45, 7) is 3.72. The highest BCUT2D eigenvalue weighted by atomic mass is 16.7. The van der Waals surface area contributed by atoms with Crippen LogP contribution < -0.4 is 4.74 Å². The molecule has 1 aromatic heterocycles. The molecule has 0 saturated carbocycles. The van der Waals surface area contributed by atoms with Gasteiger partial charge in [-0.25, -0.2) is 0 Å². The van der Waals surface area contributed by atoms with Gasteiger partial charge in [-0.1, -0.05) is 0 Å². The Balaban J connectivity index is 1.74. The smallest absolute Gasteiger partial charge is 0.182 e. The number of aromatic nitrogens is 1. The van der Waals surface area contributed by atoms with Crippen molar-refractivity contribution in [3.8, 4) is 5.75 Å². The van der Waals surface area contributed by atoms with Crippen LogP contribution in [0, 0.1) is 0 Å². The lowest BCUT2D eigenvalue weighted by atomic mass is 9.86. The van der Waals surface area contributed by atoms with Gasteiger partial charge in [0.15, 0.2) is 5.76 Å². The number of allylic oxidation sites excluding steroid dienone is 1. The summed E-state index contributed by atoms with van der Waals surface area (Å²) in [5, 5.41) is 22.2. The fourth-order valence-electron chi connectivity index (χ4n) is 3.33. The van der Waals surface area contributed by atoms with Crippen LogP contribution in [0.25, 0.3) is 0 Å². The molecular formula is C15H18N2O4. The Hall–Kier alpha value is -1.79. The summed E-state index contributed by atoms with van der Waals surface area (Å²) in [4.78, 5) is 9.79. The molecule has 1 aliphatic carbocycles. The lowest BCUT2D eigenvalue weighted by Crippen LogP contribution is -2.59. The SMILES string of the molecule is CC1(C)Oc2ccncc2C(N2OC3=C(O)CCC32)C1O. The maximum absolute atomic E-state index is 10.7. The number of ether oxygens (including phenoxy) is 1. The molecule has 0 aromatic carbocycles. The van der Waals surface area contributed by atoms with Crippen molar-refractivity contribution in [1.82, 2.24) is 10.0 Å². The number of rotatable bonds is 1. The molecule has 3 heterocycles. The Kier molecular flexibility index (Phi) is 2.53. The molecule has 1 aromatic rings. The number of hydrogen-bond acceptors (Lipinski definition) is 6. The zero-order valence-electron chi connectivity index (χ0n) is 12.0. The van der Waals surface area contributed by atoms with Gasteiger partial charge in [0.25, 0.3) is 0 Å². The normalized spacial score (nSPS) is 33.6. The number of hydrogen-bond donors (Lipinski definition) is 2. The van der Waals surface area contributed by atoms with Crippen LogP contribution in [0.15, 0.2) is 30.0 Å². The molecule has 6 nitrogen and oxygen atoms in total. The molecule has 0 radical (unpaired) electrons.